The lowest BCUT2D eigenvalue weighted by Crippen LogP contribution is -2.55. The summed E-state index contributed by atoms with van der Waals surface area (Å²) in [4.78, 5) is 44.6. The molecule has 3 rings (SSSR count). The first-order valence-corrected chi connectivity index (χ1v) is 9.47. The van der Waals surface area contributed by atoms with Crippen molar-refractivity contribution < 1.29 is 29.1 Å². The molecule has 0 saturated carbocycles. The van der Waals surface area contributed by atoms with Gasteiger partial charge in [0, 0.05) is 16.7 Å². The summed E-state index contributed by atoms with van der Waals surface area (Å²) in [5.41, 5.74) is 6.52. The zero-order chi connectivity index (χ0) is 19.6. The number of ether oxygens (including phenoxy) is 1. The standard InChI is InChI=1S/C14H15N5O6S2/c1-24-19-8(6-4-27-14(15)16-6)10(20)17-9(12(21)22)11-18-7-5(3-26-11)2-25-13(7)23/h4,9,11,18H,2-3H2,1H3,(H2,15,16)(H,17,20)(H,21,22)/b19-8-/t9-,11+/m0/s1. The average molecular weight is 413 g/mol. The van der Waals surface area contributed by atoms with E-state index in [0.717, 1.165) is 16.9 Å². The first kappa shape index (κ1) is 19.0. The molecule has 0 fully saturated rings. The number of carbonyl (C=O) groups excluding carboxylic acids is 2. The third-order valence-electron chi connectivity index (χ3n) is 3.68. The van der Waals surface area contributed by atoms with Gasteiger partial charge >= 0.3 is 11.9 Å². The summed E-state index contributed by atoms with van der Waals surface area (Å²) in [5, 5.41) is 19.4. The number of oxime groups is 1. The van der Waals surface area contributed by atoms with E-state index < -0.39 is 29.3 Å². The number of nitrogens with one attached hydrogen (secondary N) is 2. The predicted octanol–water partition coefficient (Wildman–Crippen LogP) is -0.881. The van der Waals surface area contributed by atoms with E-state index in [9.17, 15) is 19.5 Å². The Bertz CT molecular complexity index is 851. The van der Waals surface area contributed by atoms with Gasteiger partial charge in [0.1, 0.15) is 30.5 Å². The number of hydrogen-bond donors (Lipinski definition) is 4. The number of esters is 1. The molecule has 13 heteroatoms. The number of cyclic esters (lactones) is 1. The molecule has 27 heavy (non-hydrogen) atoms. The highest BCUT2D eigenvalue weighted by molar-refractivity contribution is 8.00. The number of carboxylic acids is 1. The molecule has 2 aliphatic rings. The summed E-state index contributed by atoms with van der Waals surface area (Å²) in [6.07, 6.45) is 0. The Labute approximate surface area is 161 Å². The van der Waals surface area contributed by atoms with Gasteiger partial charge in [-0.15, -0.1) is 23.1 Å². The molecule has 1 aromatic rings. The van der Waals surface area contributed by atoms with E-state index in [0.29, 0.717) is 5.75 Å². The number of nitrogen functional groups attached to an aromatic ring is 1. The van der Waals surface area contributed by atoms with Crippen molar-refractivity contribution in [2.45, 2.75) is 11.4 Å². The fourth-order valence-electron chi connectivity index (χ4n) is 2.44. The number of aromatic nitrogens is 1. The topological polar surface area (TPSA) is 165 Å². The van der Waals surface area contributed by atoms with Crippen molar-refractivity contribution >= 4 is 51.8 Å². The maximum atomic E-state index is 12.6. The molecule has 5 N–H and O–H groups in total. The molecule has 2 aliphatic heterocycles. The van der Waals surface area contributed by atoms with Crippen LogP contribution in [0.1, 0.15) is 5.69 Å². The lowest BCUT2D eigenvalue weighted by molar-refractivity contribution is -0.141. The summed E-state index contributed by atoms with van der Waals surface area (Å²) in [6.45, 7) is 0.181. The Morgan fingerprint density at radius 3 is 3.00 bits per heavy atom. The predicted molar refractivity (Wildman–Crippen MR) is 97.0 cm³/mol. The Morgan fingerprint density at radius 1 is 1.59 bits per heavy atom. The van der Waals surface area contributed by atoms with Gasteiger partial charge in [0.15, 0.2) is 16.9 Å². The number of amides is 1. The lowest BCUT2D eigenvalue weighted by atomic mass is 10.2. The number of nitrogens with two attached hydrogens (primary N) is 1. The Balaban J connectivity index is 1.78. The number of carbonyl (C=O) groups is 3. The molecule has 0 aliphatic carbocycles. The van der Waals surface area contributed by atoms with Gasteiger partial charge in [-0.3, -0.25) is 4.79 Å². The van der Waals surface area contributed by atoms with Gasteiger partial charge in [0.05, 0.1) is 0 Å². The van der Waals surface area contributed by atoms with Gasteiger partial charge in [-0.25, -0.2) is 14.6 Å². The van der Waals surface area contributed by atoms with Crippen LogP contribution in [0.5, 0.6) is 0 Å². The first-order chi connectivity index (χ1) is 12.9. The number of rotatable bonds is 6. The minimum atomic E-state index is -1.34. The van der Waals surface area contributed by atoms with Gasteiger partial charge in [-0.05, 0) is 0 Å². The second-order valence-corrected chi connectivity index (χ2v) is 7.43. The monoisotopic (exact) mass is 413 g/mol. The quantitative estimate of drug-likeness (QED) is 0.261. The summed E-state index contributed by atoms with van der Waals surface area (Å²) < 4.78 is 4.92. The molecule has 0 radical (unpaired) electrons. The highest BCUT2D eigenvalue weighted by Crippen LogP contribution is 2.28. The molecular weight excluding hydrogens is 398 g/mol. The van der Waals surface area contributed by atoms with Crippen LogP contribution < -0.4 is 16.4 Å². The van der Waals surface area contributed by atoms with Gasteiger partial charge in [0.25, 0.3) is 5.91 Å². The van der Waals surface area contributed by atoms with Crippen molar-refractivity contribution in [3.05, 3.63) is 22.3 Å². The van der Waals surface area contributed by atoms with Crippen molar-refractivity contribution in [2.75, 3.05) is 25.2 Å². The zero-order valence-electron chi connectivity index (χ0n) is 13.9. The smallest absolute Gasteiger partial charge is 0.354 e. The van der Waals surface area contributed by atoms with Crippen LogP contribution in [0.25, 0.3) is 0 Å². The average Bonchev–Trinajstić information content (AvgIpc) is 3.23. The maximum Gasteiger partial charge on any atom is 0.354 e. The van der Waals surface area contributed by atoms with Gasteiger partial charge < -0.3 is 31.0 Å². The largest absolute Gasteiger partial charge is 0.480 e. The third-order valence-corrected chi connectivity index (χ3v) is 5.61. The van der Waals surface area contributed by atoms with E-state index in [2.05, 4.69) is 25.6 Å². The van der Waals surface area contributed by atoms with E-state index in [4.69, 9.17) is 10.5 Å². The normalized spacial score (nSPS) is 20.4. The third kappa shape index (κ3) is 3.98. The minimum absolute atomic E-state index is 0.162. The van der Waals surface area contributed by atoms with Crippen molar-refractivity contribution in [3.8, 4) is 0 Å². The molecule has 0 bridgehead atoms. The maximum absolute atomic E-state index is 12.6. The fourth-order valence-corrected chi connectivity index (χ4v) is 4.17. The molecule has 11 nitrogen and oxygen atoms in total. The summed E-state index contributed by atoms with van der Waals surface area (Å²) >= 11 is 2.34. The molecule has 0 spiro atoms. The van der Waals surface area contributed by atoms with E-state index in [-0.39, 0.29) is 28.8 Å². The molecule has 0 unspecified atom stereocenters. The zero-order valence-corrected chi connectivity index (χ0v) is 15.6. The summed E-state index contributed by atoms with van der Waals surface area (Å²) in [5.74, 6) is -2.20. The van der Waals surface area contributed by atoms with E-state index in [1.165, 1.54) is 24.3 Å². The van der Waals surface area contributed by atoms with Crippen LogP contribution in [0.2, 0.25) is 0 Å². The number of hydrogen-bond acceptors (Lipinski definition) is 11. The number of aliphatic carboxylic acids is 1. The molecule has 0 aromatic carbocycles. The second-order valence-electron chi connectivity index (χ2n) is 5.41. The van der Waals surface area contributed by atoms with Crippen molar-refractivity contribution in [1.29, 1.82) is 0 Å². The van der Waals surface area contributed by atoms with E-state index >= 15 is 0 Å². The number of anilines is 1. The van der Waals surface area contributed by atoms with Crippen LogP contribution in [0.15, 0.2) is 21.8 Å². The molecule has 144 valence electrons. The SMILES string of the molecule is CO/N=C(\C(=O)N[C@H](C(=O)O)[C@@H]1NC2=C(COC2=O)CS1)c1csc(N)n1. The molecule has 2 atom stereocenters. The van der Waals surface area contributed by atoms with Crippen LogP contribution in [0.4, 0.5) is 5.13 Å². The Kier molecular flexibility index (Phi) is 5.51. The van der Waals surface area contributed by atoms with Crippen LogP contribution in [0, 0.1) is 0 Å². The summed E-state index contributed by atoms with van der Waals surface area (Å²) in [7, 11) is 1.25. The molecule has 0 saturated heterocycles. The highest BCUT2D eigenvalue weighted by atomic mass is 32.2. The van der Waals surface area contributed by atoms with Crippen LogP contribution in [-0.4, -0.2) is 64.5 Å². The molecule has 3 heterocycles. The number of carboxylic acid groups (broad SMARTS) is 1. The molecule has 1 aromatic heterocycles. The van der Waals surface area contributed by atoms with Crippen LogP contribution in [-0.2, 0) is 24.0 Å². The van der Waals surface area contributed by atoms with Crippen LogP contribution in [0.3, 0.4) is 0 Å². The van der Waals surface area contributed by atoms with Gasteiger partial charge in [-0.2, -0.15) is 0 Å². The number of thioether (sulfide) groups is 1. The molecular formula is C14H15N5O6S2. The summed E-state index contributed by atoms with van der Waals surface area (Å²) in [6, 6.07) is -1.34. The molecule has 1 amide bonds. The van der Waals surface area contributed by atoms with Crippen LogP contribution >= 0.6 is 23.1 Å². The number of thiazole rings is 1. The van der Waals surface area contributed by atoms with Gasteiger partial charge in [0.2, 0.25) is 0 Å². The van der Waals surface area contributed by atoms with Crippen molar-refractivity contribution in [1.82, 2.24) is 15.6 Å². The second kappa shape index (κ2) is 7.84. The van der Waals surface area contributed by atoms with E-state index in [1.807, 2.05) is 0 Å². The number of nitrogens with zero attached hydrogens (tertiary/aromatic N) is 2. The van der Waals surface area contributed by atoms with Crippen molar-refractivity contribution in [3.63, 3.8) is 0 Å². The van der Waals surface area contributed by atoms with E-state index in [1.54, 1.807) is 0 Å². The Morgan fingerprint density at radius 2 is 2.37 bits per heavy atom. The van der Waals surface area contributed by atoms with Crippen molar-refractivity contribution in [2.24, 2.45) is 5.16 Å². The van der Waals surface area contributed by atoms with Gasteiger partial charge in [-0.1, -0.05) is 5.16 Å². The Hall–Kier alpha value is -2.80. The first-order valence-electron chi connectivity index (χ1n) is 7.54. The lowest BCUT2D eigenvalue weighted by Gasteiger charge is -2.29. The highest BCUT2D eigenvalue weighted by Gasteiger charge is 2.39. The minimum Gasteiger partial charge on any atom is -0.480 e. The fraction of sp³-hybridized carbons (Fsp3) is 0.357.